The molecule has 1 aliphatic heterocycles. The lowest BCUT2D eigenvalue weighted by Crippen LogP contribution is -2.41. The van der Waals surface area contributed by atoms with Crippen LogP contribution in [0.4, 0.5) is 5.69 Å². The Morgan fingerprint density at radius 3 is 3.00 bits per heavy atom. The van der Waals surface area contributed by atoms with Crippen LogP contribution >= 0.6 is 27.7 Å². The van der Waals surface area contributed by atoms with Crippen LogP contribution in [0.1, 0.15) is 23.7 Å². The lowest BCUT2D eigenvalue weighted by molar-refractivity contribution is 0.0761. The molecule has 0 spiro atoms. The average molecular weight is 329 g/mol. The van der Waals surface area contributed by atoms with Crippen molar-refractivity contribution in [2.45, 2.75) is 18.6 Å². The van der Waals surface area contributed by atoms with E-state index in [1.807, 2.05) is 22.7 Å². The van der Waals surface area contributed by atoms with Crippen molar-refractivity contribution in [2.24, 2.45) is 0 Å². The summed E-state index contributed by atoms with van der Waals surface area (Å²) in [6.45, 7) is 3.83. The molecule has 1 atom stereocenters. The Labute approximate surface area is 120 Å². The van der Waals surface area contributed by atoms with Gasteiger partial charge in [0.25, 0.3) is 5.91 Å². The van der Waals surface area contributed by atoms with E-state index in [9.17, 15) is 4.79 Å². The van der Waals surface area contributed by atoms with Gasteiger partial charge in [0, 0.05) is 39.8 Å². The maximum atomic E-state index is 12.4. The lowest BCUT2D eigenvalue weighted by Gasteiger charge is -2.32. The number of anilines is 1. The molecule has 0 saturated carbocycles. The highest BCUT2D eigenvalue weighted by atomic mass is 79.9. The van der Waals surface area contributed by atoms with Crippen molar-refractivity contribution in [1.82, 2.24) is 4.90 Å². The van der Waals surface area contributed by atoms with E-state index >= 15 is 0 Å². The largest absolute Gasteiger partial charge is 0.399 e. The van der Waals surface area contributed by atoms with Gasteiger partial charge in [-0.25, -0.2) is 0 Å². The summed E-state index contributed by atoms with van der Waals surface area (Å²) in [5.74, 6) is 1.11. The molecular formula is C13H17BrN2OS. The van der Waals surface area contributed by atoms with Gasteiger partial charge in [0.1, 0.15) is 0 Å². The Balaban J connectivity index is 2.15. The highest BCUT2D eigenvalue weighted by Gasteiger charge is 2.24. The molecule has 1 amide bonds. The van der Waals surface area contributed by atoms with Crippen LogP contribution < -0.4 is 5.73 Å². The van der Waals surface area contributed by atoms with Gasteiger partial charge in [-0.05, 0) is 24.6 Å². The van der Waals surface area contributed by atoms with Gasteiger partial charge in [0.15, 0.2) is 0 Å². The molecule has 2 rings (SSSR count). The minimum absolute atomic E-state index is 0.0850. The number of hydrogen-bond donors (Lipinski definition) is 1. The predicted molar refractivity (Wildman–Crippen MR) is 81.0 cm³/mol. The summed E-state index contributed by atoms with van der Waals surface area (Å²) in [5, 5.41) is 0.562. The number of nitrogen functional groups attached to an aromatic ring is 1. The molecule has 0 aliphatic carbocycles. The Hall–Kier alpha value is -0.680. The average Bonchev–Trinajstić information content (AvgIpc) is 2.37. The van der Waals surface area contributed by atoms with E-state index in [1.165, 1.54) is 0 Å². The number of thioether (sulfide) groups is 1. The summed E-state index contributed by atoms with van der Waals surface area (Å²) < 4.78 is 0.851. The zero-order chi connectivity index (χ0) is 13.1. The van der Waals surface area contributed by atoms with Crippen LogP contribution in [0.5, 0.6) is 0 Å². The van der Waals surface area contributed by atoms with Gasteiger partial charge < -0.3 is 10.6 Å². The highest BCUT2D eigenvalue weighted by Crippen LogP contribution is 2.24. The number of halogens is 1. The van der Waals surface area contributed by atoms with Crippen molar-refractivity contribution in [1.29, 1.82) is 0 Å². The fourth-order valence-electron chi connectivity index (χ4n) is 2.07. The number of rotatable bonds is 2. The number of nitrogens with two attached hydrogens (primary N) is 1. The third-order valence-corrected chi connectivity index (χ3v) is 4.88. The van der Waals surface area contributed by atoms with E-state index in [-0.39, 0.29) is 5.91 Å². The second-order valence-corrected chi connectivity index (χ2v) is 6.75. The van der Waals surface area contributed by atoms with Crippen molar-refractivity contribution in [2.75, 3.05) is 24.6 Å². The Kier molecular flexibility index (Phi) is 4.56. The molecule has 0 bridgehead atoms. The van der Waals surface area contributed by atoms with Crippen molar-refractivity contribution < 1.29 is 4.79 Å². The van der Waals surface area contributed by atoms with E-state index in [0.29, 0.717) is 16.5 Å². The molecule has 0 aromatic heterocycles. The van der Waals surface area contributed by atoms with Crippen LogP contribution in [0, 0.1) is 0 Å². The molecule has 1 unspecified atom stereocenters. The van der Waals surface area contributed by atoms with Crippen LogP contribution in [0.15, 0.2) is 22.7 Å². The van der Waals surface area contributed by atoms with Crippen LogP contribution in [0.25, 0.3) is 0 Å². The highest BCUT2D eigenvalue weighted by molar-refractivity contribution is 9.10. The second-order valence-electron chi connectivity index (χ2n) is 4.43. The molecule has 1 fully saturated rings. The molecule has 18 heavy (non-hydrogen) atoms. The molecule has 5 heteroatoms. The Morgan fingerprint density at radius 2 is 2.33 bits per heavy atom. The summed E-state index contributed by atoms with van der Waals surface area (Å²) >= 11 is 5.33. The van der Waals surface area contributed by atoms with Gasteiger partial charge in [-0.3, -0.25) is 4.79 Å². The number of carbonyl (C=O) groups is 1. The van der Waals surface area contributed by atoms with Crippen molar-refractivity contribution in [3.8, 4) is 0 Å². The fraction of sp³-hybridized carbons (Fsp3) is 0.462. The lowest BCUT2D eigenvalue weighted by atomic mass is 10.1. The molecule has 1 aliphatic rings. The molecule has 2 N–H and O–H groups in total. The Bertz CT molecular complexity index is 432. The van der Waals surface area contributed by atoms with Gasteiger partial charge >= 0.3 is 0 Å². The van der Waals surface area contributed by atoms with Crippen molar-refractivity contribution in [3.05, 3.63) is 28.2 Å². The first kappa shape index (κ1) is 13.7. The quantitative estimate of drug-likeness (QED) is 0.849. The van der Waals surface area contributed by atoms with Gasteiger partial charge in [0.05, 0.1) is 0 Å². The van der Waals surface area contributed by atoms with E-state index < -0.39 is 0 Å². The second kappa shape index (κ2) is 5.97. The van der Waals surface area contributed by atoms with Gasteiger partial charge in [0.2, 0.25) is 0 Å². The molecule has 1 aromatic carbocycles. The topological polar surface area (TPSA) is 46.3 Å². The summed E-state index contributed by atoms with van der Waals surface area (Å²) in [4.78, 5) is 14.3. The first-order chi connectivity index (χ1) is 8.60. The van der Waals surface area contributed by atoms with Crippen molar-refractivity contribution in [3.63, 3.8) is 0 Å². The standard InChI is InChI=1S/C13H17BrN2OS/c1-2-12-8-16(3-4-18-12)13(17)9-5-10(14)7-11(15)6-9/h5-7,12H,2-4,8,15H2,1H3. The third kappa shape index (κ3) is 3.20. The molecule has 3 nitrogen and oxygen atoms in total. The fourth-order valence-corrected chi connectivity index (χ4v) is 3.76. The molecule has 1 aromatic rings. The smallest absolute Gasteiger partial charge is 0.254 e. The van der Waals surface area contributed by atoms with Crippen LogP contribution in [-0.2, 0) is 0 Å². The van der Waals surface area contributed by atoms with Crippen LogP contribution in [0.2, 0.25) is 0 Å². The minimum atomic E-state index is 0.0850. The predicted octanol–water partition coefficient (Wildman–Crippen LogP) is 3.00. The van der Waals surface area contributed by atoms with E-state index in [1.54, 1.807) is 12.1 Å². The third-order valence-electron chi connectivity index (χ3n) is 3.05. The normalized spacial score (nSPS) is 19.9. The number of hydrogen-bond acceptors (Lipinski definition) is 3. The first-order valence-corrected chi connectivity index (χ1v) is 7.91. The summed E-state index contributed by atoms with van der Waals surface area (Å²) in [6.07, 6.45) is 1.11. The van der Waals surface area contributed by atoms with Crippen molar-refractivity contribution >= 4 is 39.3 Å². The van der Waals surface area contributed by atoms with E-state index in [0.717, 1.165) is 29.7 Å². The molecule has 0 radical (unpaired) electrons. The monoisotopic (exact) mass is 328 g/mol. The number of benzene rings is 1. The number of amides is 1. The maximum absolute atomic E-state index is 12.4. The molecule has 98 valence electrons. The SMILES string of the molecule is CCC1CN(C(=O)c2cc(N)cc(Br)c2)CCS1. The summed E-state index contributed by atoms with van der Waals surface area (Å²) in [5.41, 5.74) is 7.06. The minimum Gasteiger partial charge on any atom is -0.399 e. The Morgan fingerprint density at radius 1 is 1.56 bits per heavy atom. The maximum Gasteiger partial charge on any atom is 0.254 e. The first-order valence-electron chi connectivity index (χ1n) is 6.07. The van der Waals surface area contributed by atoms with Gasteiger partial charge in [-0.15, -0.1) is 0 Å². The molecule has 1 heterocycles. The summed E-state index contributed by atoms with van der Waals surface area (Å²) in [7, 11) is 0. The van der Waals surface area contributed by atoms with E-state index in [2.05, 4.69) is 22.9 Å². The van der Waals surface area contributed by atoms with Gasteiger partial charge in [-0.1, -0.05) is 22.9 Å². The number of nitrogens with zero attached hydrogens (tertiary/aromatic N) is 1. The zero-order valence-electron chi connectivity index (χ0n) is 10.4. The van der Waals surface area contributed by atoms with E-state index in [4.69, 9.17) is 5.73 Å². The summed E-state index contributed by atoms with van der Waals surface area (Å²) in [6, 6.07) is 5.38. The van der Waals surface area contributed by atoms with Crippen LogP contribution in [0.3, 0.4) is 0 Å². The molecule has 1 saturated heterocycles. The van der Waals surface area contributed by atoms with Gasteiger partial charge in [-0.2, -0.15) is 11.8 Å². The zero-order valence-corrected chi connectivity index (χ0v) is 12.8. The number of carbonyl (C=O) groups excluding carboxylic acids is 1. The van der Waals surface area contributed by atoms with Crippen LogP contribution in [-0.4, -0.2) is 34.9 Å². The molecular weight excluding hydrogens is 312 g/mol.